The van der Waals surface area contributed by atoms with Crippen LogP contribution in [-0.4, -0.2) is 22.4 Å². The van der Waals surface area contributed by atoms with E-state index in [9.17, 15) is 4.79 Å². The van der Waals surface area contributed by atoms with E-state index in [1.165, 1.54) is 0 Å². The molecule has 0 saturated carbocycles. The van der Waals surface area contributed by atoms with E-state index in [0.717, 1.165) is 30.0 Å². The second-order valence-corrected chi connectivity index (χ2v) is 4.65. The summed E-state index contributed by atoms with van der Waals surface area (Å²) in [6.45, 7) is 5.29. The fraction of sp³-hybridized carbons (Fsp3) is 0.312. The van der Waals surface area contributed by atoms with Gasteiger partial charge in [0.15, 0.2) is 0 Å². The molecule has 0 aromatic carbocycles. The zero-order chi connectivity index (χ0) is 15.1. The molecule has 2 heterocycles. The average molecular weight is 284 g/mol. The van der Waals surface area contributed by atoms with Gasteiger partial charge in [0.25, 0.3) is 5.91 Å². The molecule has 21 heavy (non-hydrogen) atoms. The van der Waals surface area contributed by atoms with Crippen molar-refractivity contribution >= 4 is 11.7 Å². The second-order valence-electron chi connectivity index (χ2n) is 4.65. The number of hydrogen-bond acceptors (Lipinski definition) is 4. The van der Waals surface area contributed by atoms with E-state index in [4.69, 9.17) is 0 Å². The van der Waals surface area contributed by atoms with Crippen molar-refractivity contribution in [1.82, 2.24) is 15.3 Å². The lowest BCUT2D eigenvalue weighted by Gasteiger charge is -2.09. The number of aromatic nitrogens is 2. The first-order valence-electron chi connectivity index (χ1n) is 7.14. The molecule has 0 atom stereocenters. The molecule has 0 fully saturated rings. The van der Waals surface area contributed by atoms with Gasteiger partial charge in [-0.25, -0.2) is 4.98 Å². The van der Waals surface area contributed by atoms with Crippen LogP contribution in [0.1, 0.15) is 35.5 Å². The normalized spacial score (nSPS) is 10.2. The predicted molar refractivity (Wildman–Crippen MR) is 83.2 cm³/mol. The maximum Gasteiger partial charge on any atom is 0.251 e. The van der Waals surface area contributed by atoms with Crippen LogP contribution in [0.15, 0.2) is 36.7 Å². The molecule has 0 radical (unpaired) electrons. The average Bonchev–Trinajstić information content (AvgIpc) is 2.53. The Bertz CT molecular complexity index is 598. The van der Waals surface area contributed by atoms with Crippen LogP contribution in [0.4, 0.5) is 5.82 Å². The van der Waals surface area contributed by atoms with Gasteiger partial charge in [-0.05, 0) is 43.2 Å². The molecule has 0 aliphatic rings. The van der Waals surface area contributed by atoms with Crippen LogP contribution in [0.3, 0.4) is 0 Å². The number of aryl methyl sites for hydroxylation is 1. The third-order valence-electron chi connectivity index (χ3n) is 3.06. The van der Waals surface area contributed by atoms with E-state index in [1.807, 2.05) is 32.0 Å². The van der Waals surface area contributed by atoms with Crippen molar-refractivity contribution in [2.24, 2.45) is 0 Å². The van der Waals surface area contributed by atoms with Crippen molar-refractivity contribution in [3.05, 3.63) is 53.5 Å². The summed E-state index contributed by atoms with van der Waals surface area (Å²) >= 11 is 0. The molecule has 0 saturated heterocycles. The van der Waals surface area contributed by atoms with E-state index >= 15 is 0 Å². The van der Waals surface area contributed by atoms with Gasteiger partial charge in [0, 0.05) is 36.7 Å². The van der Waals surface area contributed by atoms with Gasteiger partial charge in [0.05, 0.1) is 0 Å². The smallest absolute Gasteiger partial charge is 0.251 e. The Balaban J connectivity index is 2.09. The Hall–Kier alpha value is -2.43. The molecule has 110 valence electrons. The van der Waals surface area contributed by atoms with E-state index < -0.39 is 0 Å². The van der Waals surface area contributed by atoms with E-state index in [2.05, 4.69) is 20.6 Å². The molecule has 2 N–H and O–H groups in total. The summed E-state index contributed by atoms with van der Waals surface area (Å²) in [4.78, 5) is 20.7. The fourth-order valence-corrected chi connectivity index (χ4v) is 1.96. The number of nitrogens with one attached hydrogen (secondary N) is 2. The van der Waals surface area contributed by atoms with E-state index in [1.54, 1.807) is 18.5 Å². The van der Waals surface area contributed by atoms with Gasteiger partial charge in [0.1, 0.15) is 5.82 Å². The first kappa shape index (κ1) is 15.0. The molecule has 2 aromatic rings. The maximum atomic E-state index is 12.3. The zero-order valence-electron chi connectivity index (χ0n) is 12.4. The minimum Gasteiger partial charge on any atom is -0.370 e. The molecule has 5 heteroatoms. The summed E-state index contributed by atoms with van der Waals surface area (Å²) < 4.78 is 0. The molecule has 2 rings (SSSR count). The van der Waals surface area contributed by atoms with Gasteiger partial charge in [-0.2, -0.15) is 0 Å². The number of carbonyl (C=O) groups is 1. The molecule has 0 aliphatic carbocycles. The second kappa shape index (κ2) is 7.38. The minimum absolute atomic E-state index is 0.0944. The Morgan fingerprint density at radius 2 is 1.95 bits per heavy atom. The van der Waals surface area contributed by atoms with Gasteiger partial charge < -0.3 is 10.6 Å². The Morgan fingerprint density at radius 3 is 2.62 bits per heavy atom. The van der Waals surface area contributed by atoms with Gasteiger partial charge in [0.2, 0.25) is 0 Å². The maximum absolute atomic E-state index is 12.3. The molecule has 2 aromatic heterocycles. The van der Waals surface area contributed by atoms with Crippen LogP contribution in [0.25, 0.3) is 0 Å². The van der Waals surface area contributed by atoms with Crippen LogP contribution >= 0.6 is 0 Å². The Labute approximate surface area is 124 Å². The summed E-state index contributed by atoms with van der Waals surface area (Å²) in [5.41, 5.74) is 2.56. The molecule has 0 bridgehead atoms. The highest BCUT2D eigenvalue weighted by Gasteiger charge is 2.09. The minimum atomic E-state index is -0.0944. The lowest BCUT2D eigenvalue weighted by Crippen LogP contribution is -2.23. The van der Waals surface area contributed by atoms with Crippen LogP contribution in [-0.2, 0) is 13.0 Å². The molecule has 1 amide bonds. The SMILES string of the molecule is CCNc1cc(C(=O)NCc2ccncc2)cc(CC)n1. The summed E-state index contributed by atoms with van der Waals surface area (Å²) in [5.74, 6) is 0.647. The van der Waals surface area contributed by atoms with Crippen molar-refractivity contribution < 1.29 is 4.79 Å². The fourth-order valence-electron chi connectivity index (χ4n) is 1.96. The zero-order valence-corrected chi connectivity index (χ0v) is 12.4. The van der Waals surface area contributed by atoms with Crippen molar-refractivity contribution in [2.75, 3.05) is 11.9 Å². The largest absolute Gasteiger partial charge is 0.370 e. The molecule has 0 unspecified atom stereocenters. The van der Waals surface area contributed by atoms with Gasteiger partial charge in [-0.3, -0.25) is 9.78 Å². The van der Waals surface area contributed by atoms with Crippen molar-refractivity contribution in [3.63, 3.8) is 0 Å². The summed E-state index contributed by atoms with van der Waals surface area (Å²) in [6, 6.07) is 7.38. The molecular formula is C16H20N4O. The van der Waals surface area contributed by atoms with Gasteiger partial charge in [-0.1, -0.05) is 6.92 Å². The highest BCUT2D eigenvalue weighted by Crippen LogP contribution is 2.11. The lowest BCUT2D eigenvalue weighted by molar-refractivity contribution is 0.0950. The number of amides is 1. The van der Waals surface area contributed by atoms with Gasteiger partial charge >= 0.3 is 0 Å². The van der Waals surface area contributed by atoms with Crippen molar-refractivity contribution in [1.29, 1.82) is 0 Å². The predicted octanol–water partition coefficient (Wildman–Crippen LogP) is 2.40. The lowest BCUT2D eigenvalue weighted by atomic mass is 10.1. The third-order valence-corrected chi connectivity index (χ3v) is 3.06. The van der Waals surface area contributed by atoms with Crippen molar-refractivity contribution in [3.8, 4) is 0 Å². The standard InChI is InChI=1S/C16H20N4O/c1-3-14-9-13(10-15(20-14)18-4-2)16(21)19-11-12-5-7-17-8-6-12/h5-10H,3-4,11H2,1-2H3,(H,18,20)(H,19,21). The Kier molecular flexibility index (Phi) is 5.26. The monoisotopic (exact) mass is 284 g/mol. The van der Waals surface area contributed by atoms with Gasteiger partial charge in [-0.15, -0.1) is 0 Å². The molecule has 0 spiro atoms. The molecular weight excluding hydrogens is 264 g/mol. The highest BCUT2D eigenvalue weighted by molar-refractivity contribution is 5.95. The van der Waals surface area contributed by atoms with Crippen LogP contribution in [0.5, 0.6) is 0 Å². The van der Waals surface area contributed by atoms with Crippen LogP contribution < -0.4 is 10.6 Å². The van der Waals surface area contributed by atoms with Crippen molar-refractivity contribution in [2.45, 2.75) is 26.8 Å². The number of nitrogens with zero attached hydrogens (tertiary/aromatic N) is 2. The summed E-state index contributed by atoms with van der Waals surface area (Å²) in [5, 5.41) is 6.07. The first-order valence-corrected chi connectivity index (χ1v) is 7.14. The quantitative estimate of drug-likeness (QED) is 0.855. The topological polar surface area (TPSA) is 66.9 Å². The molecule has 0 aliphatic heterocycles. The summed E-state index contributed by atoms with van der Waals surface area (Å²) in [6.07, 6.45) is 4.22. The number of pyridine rings is 2. The Morgan fingerprint density at radius 1 is 1.19 bits per heavy atom. The first-order chi connectivity index (χ1) is 10.2. The highest BCUT2D eigenvalue weighted by atomic mass is 16.1. The number of hydrogen-bond donors (Lipinski definition) is 2. The van der Waals surface area contributed by atoms with E-state index in [0.29, 0.717) is 12.1 Å². The number of carbonyl (C=O) groups excluding carboxylic acids is 1. The van der Waals surface area contributed by atoms with Crippen LogP contribution in [0, 0.1) is 0 Å². The van der Waals surface area contributed by atoms with Crippen LogP contribution in [0.2, 0.25) is 0 Å². The molecule has 5 nitrogen and oxygen atoms in total. The van der Waals surface area contributed by atoms with E-state index in [-0.39, 0.29) is 5.91 Å². The summed E-state index contributed by atoms with van der Waals surface area (Å²) in [7, 11) is 0. The number of anilines is 1. The number of rotatable bonds is 6. The third kappa shape index (κ3) is 4.27.